The van der Waals surface area contributed by atoms with Gasteiger partial charge < -0.3 is 0 Å². The van der Waals surface area contributed by atoms with Crippen LogP contribution in [-0.4, -0.2) is 12.3 Å². The topological polar surface area (TPSA) is 0 Å². The van der Waals surface area contributed by atoms with E-state index in [9.17, 15) is 0 Å². The number of hydrogen-bond donors (Lipinski definition) is 0. The van der Waals surface area contributed by atoms with E-state index in [1.54, 1.807) is 0 Å². The van der Waals surface area contributed by atoms with Crippen LogP contribution in [0.5, 0.6) is 0 Å². The van der Waals surface area contributed by atoms with Crippen LogP contribution >= 0.6 is 17.2 Å². The molecular formula is C18H28FeP2. The summed E-state index contributed by atoms with van der Waals surface area (Å²) in [5.41, 5.74) is 0. The van der Waals surface area contributed by atoms with Gasteiger partial charge in [0.15, 0.2) is 0 Å². The largest absolute Gasteiger partial charge is 2.00 e. The van der Waals surface area contributed by atoms with Gasteiger partial charge in [0.05, 0.1) is 0 Å². The molecule has 0 N–H and O–H groups in total. The van der Waals surface area contributed by atoms with Crippen molar-refractivity contribution in [1.29, 1.82) is 0 Å². The standard InChI is InChI=1S/2C9H14P.Fe/c2*1-2-3-8-10-9-6-4-5-7-9;/h2*4-7,10H,2-3,8H2,1H3;/q2*-1;+2. The summed E-state index contributed by atoms with van der Waals surface area (Å²) in [6.45, 7) is 4.49. The molecule has 0 aliphatic rings. The van der Waals surface area contributed by atoms with Gasteiger partial charge in [0, 0.05) is 0 Å². The van der Waals surface area contributed by atoms with Gasteiger partial charge in [-0.2, -0.15) is 41.4 Å². The van der Waals surface area contributed by atoms with E-state index >= 15 is 0 Å². The Morgan fingerprint density at radius 1 is 0.667 bits per heavy atom. The molecule has 0 radical (unpaired) electrons. The zero-order chi connectivity index (χ0) is 14.5. The third-order valence-corrected chi connectivity index (χ3v) is 5.73. The van der Waals surface area contributed by atoms with E-state index in [0.29, 0.717) is 0 Å². The van der Waals surface area contributed by atoms with Crippen LogP contribution in [0.3, 0.4) is 0 Å². The summed E-state index contributed by atoms with van der Waals surface area (Å²) in [6.07, 6.45) is 8.16. The van der Waals surface area contributed by atoms with Gasteiger partial charge >= 0.3 is 17.1 Å². The Morgan fingerprint density at radius 3 is 1.29 bits per heavy atom. The van der Waals surface area contributed by atoms with Gasteiger partial charge in [0.25, 0.3) is 0 Å². The van der Waals surface area contributed by atoms with Crippen LogP contribution in [0.15, 0.2) is 48.5 Å². The van der Waals surface area contributed by atoms with Crippen LogP contribution in [-0.2, 0) is 17.1 Å². The zero-order valence-corrected chi connectivity index (χ0v) is 16.3. The third-order valence-electron chi connectivity index (χ3n) is 3.04. The van der Waals surface area contributed by atoms with Gasteiger partial charge in [-0.15, -0.1) is 10.6 Å². The molecule has 118 valence electrons. The summed E-state index contributed by atoms with van der Waals surface area (Å²) < 4.78 is 0. The smallest absolute Gasteiger partial charge is 0.213 e. The van der Waals surface area contributed by atoms with Crippen LogP contribution in [0.2, 0.25) is 0 Å². The SMILES string of the molecule is CCCCP[c-]1cccc1.CCCCP[c-]1cccc1.[Fe+2]. The summed E-state index contributed by atoms with van der Waals surface area (Å²) >= 11 is 0. The molecule has 2 rings (SSSR count). The molecule has 0 saturated carbocycles. The van der Waals surface area contributed by atoms with Gasteiger partial charge in [0.2, 0.25) is 0 Å². The van der Waals surface area contributed by atoms with Gasteiger partial charge in [-0.3, -0.25) is 0 Å². The van der Waals surface area contributed by atoms with Crippen LogP contribution in [0.4, 0.5) is 0 Å². The summed E-state index contributed by atoms with van der Waals surface area (Å²) in [5, 5.41) is 3.04. The molecule has 0 aromatic heterocycles. The second-order valence-corrected chi connectivity index (χ2v) is 7.77. The molecule has 0 spiro atoms. The van der Waals surface area contributed by atoms with E-state index in [1.165, 1.54) is 48.6 Å². The maximum Gasteiger partial charge on any atom is 2.00 e. The quantitative estimate of drug-likeness (QED) is 0.268. The second-order valence-electron chi connectivity index (χ2n) is 4.91. The molecule has 2 aromatic carbocycles. The van der Waals surface area contributed by atoms with E-state index in [-0.39, 0.29) is 17.1 Å². The van der Waals surface area contributed by atoms with E-state index in [2.05, 4.69) is 62.4 Å². The van der Waals surface area contributed by atoms with E-state index in [4.69, 9.17) is 0 Å². The van der Waals surface area contributed by atoms with Crippen molar-refractivity contribution >= 4 is 27.8 Å². The minimum absolute atomic E-state index is 0. The van der Waals surface area contributed by atoms with Crippen LogP contribution in [0.1, 0.15) is 39.5 Å². The molecule has 2 unspecified atom stereocenters. The van der Waals surface area contributed by atoms with Crippen molar-refractivity contribution < 1.29 is 17.1 Å². The molecule has 2 aromatic rings. The first-order chi connectivity index (χ1) is 9.86. The molecule has 3 heteroatoms. The average molecular weight is 362 g/mol. The summed E-state index contributed by atoms with van der Waals surface area (Å²) in [7, 11) is 2.07. The normalized spacial score (nSPS) is 10.8. The van der Waals surface area contributed by atoms with Crippen molar-refractivity contribution in [2.75, 3.05) is 12.3 Å². The molecule has 0 aliphatic carbocycles. The fraction of sp³-hybridized carbons (Fsp3) is 0.444. The van der Waals surface area contributed by atoms with Crippen molar-refractivity contribution in [1.82, 2.24) is 0 Å². The first kappa shape index (κ1) is 21.1. The van der Waals surface area contributed by atoms with Gasteiger partial charge in [0.1, 0.15) is 0 Å². The summed E-state index contributed by atoms with van der Waals surface area (Å²) in [5.74, 6) is 0. The number of hydrogen-bond acceptors (Lipinski definition) is 0. The average Bonchev–Trinajstić information content (AvgIpc) is 3.13. The molecule has 0 fully saturated rings. The predicted molar refractivity (Wildman–Crippen MR) is 99.5 cm³/mol. The first-order valence-electron chi connectivity index (χ1n) is 7.78. The van der Waals surface area contributed by atoms with Crippen molar-refractivity contribution in [3.63, 3.8) is 0 Å². The molecule has 2 atom stereocenters. The van der Waals surface area contributed by atoms with E-state index in [1.807, 2.05) is 0 Å². The maximum absolute atomic E-state index is 2.25. The summed E-state index contributed by atoms with van der Waals surface area (Å²) in [4.78, 5) is 0. The Labute approximate surface area is 145 Å². The first-order valence-corrected chi connectivity index (χ1v) is 10.2. The van der Waals surface area contributed by atoms with Crippen molar-refractivity contribution in [3.05, 3.63) is 48.5 Å². The molecule has 21 heavy (non-hydrogen) atoms. The molecule has 0 bridgehead atoms. The van der Waals surface area contributed by atoms with Crippen LogP contribution in [0, 0.1) is 0 Å². The van der Waals surface area contributed by atoms with Gasteiger partial charge in [-0.25, -0.2) is 24.3 Å². The fourth-order valence-corrected chi connectivity index (χ4v) is 4.30. The number of rotatable bonds is 8. The Balaban J connectivity index is 0.000000364. The molecule has 0 aliphatic heterocycles. The molecule has 0 heterocycles. The van der Waals surface area contributed by atoms with E-state index < -0.39 is 0 Å². The molecule has 0 amide bonds. The van der Waals surface area contributed by atoms with Crippen LogP contribution in [0.25, 0.3) is 0 Å². The summed E-state index contributed by atoms with van der Waals surface area (Å²) in [6, 6.07) is 17.3. The van der Waals surface area contributed by atoms with Crippen molar-refractivity contribution in [2.24, 2.45) is 0 Å². The Bertz CT molecular complexity index is 353. The Morgan fingerprint density at radius 2 is 1.00 bits per heavy atom. The fourth-order valence-electron chi connectivity index (χ4n) is 1.80. The number of unbranched alkanes of at least 4 members (excludes halogenated alkanes) is 2. The van der Waals surface area contributed by atoms with Crippen molar-refractivity contribution in [2.45, 2.75) is 39.5 Å². The minimum Gasteiger partial charge on any atom is -0.213 e. The molecule has 0 nitrogen and oxygen atoms in total. The van der Waals surface area contributed by atoms with Gasteiger partial charge in [-0.05, 0) is 12.3 Å². The van der Waals surface area contributed by atoms with E-state index in [0.717, 1.165) is 17.2 Å². The monoisotopic (exact) mass is 362 g/mol. The zero-order valence-electron chi connectivity index (χ0n) is 13.2. The minimum atomic E-state index is 0. The predicted octanol–water partition coefficient (Wildman–Crippen LogP) is 5.02. The Hall–Kier alpha value is 0.0795. The molecular weight excluding hydrogens is 334 g/mol. The molecule has 0 saturated heterocycles. The third kappa shape index (κ3) is 11.3. The Kier molecular flexibility index (Phi) is 15.1. The second kappa shape index (κ2) is 15.0. The van der Waals surface area contributed by atoms with Crippen molar-refractivity contribution in [3.8, 4) is 0 Å². The van der Waals surface area contributed by atoms with Gasteiger partial charge in [-0.1, -0.05) is 39.5 Å². The maximum atomic E-state index is 2.25. The van der Waals surface area contributed by atoms with Crippen LogP contribution < -0.4 is 10.6 Å².